The zero-order chi connectivity index (χ0) is 18.6. The Morgan fingerprint density at radius 2 is 2.04 bits per heavy atom. The average molecular weight is 388 g/mol. The maximum atomic E-state index is 12.4. The molecule has 2 heterocycles. The molecule has 1 fully saturated rings. The van der Waals surface area contributed by atoms with Crippen LogP contribution in [-0.4, -0.2) is 52.7 Å². The Bertz CT molecular complexity index is 816. The van der Waals surface area contributed by atoms with E-state index in [9.17, 15) is 4.79 Å². The van der Waals surface area contributed by atoms with E-state index in [-0.39, 0.29) is 5.91 Å². The van der Waals surface area contributed by atoms with Gasteiger partial charge in [0.25, 0.3) is 0 Å². The molecule has 1 aliphatic heterocycles. The van der Waals surface area contributed by atoms with Crippen molar-refractivity contribution in [2.75, 3.05) is 42.3 Å². The van der Waals surface area contributed by atoms with Gasteiger partial charge in [0.1, 0.15) is 0 Å². The maximum Gasteiger partial charge on any atom is 0.234 e. The van der Waals surface area contributed by atoms with E-state index in [1.807, 2.05) is 6.07 Å². The first-order valence-electron chi connectivity index (χ1n) is 9.55. The molecule has 2 aromatic rings. The average Bonchev–Trinajstić information content (AvgIpc) is 3.33. The lowest BCUT2D eigenvalue weighted by Gasteiger charge is -2.27. The van der Waals surface area contributed by atoms with E-state index < -0.39 is 0 Å². The van der Waals surface area contributed by atoms with Gasteiger partial charge in [-0.15, -0.1) is 10.2 Å². The summed E-state index contributed by atoms with van der Waals surface area (Å²) in [6.07, 6.45) is 3.47. The standard InChI is InChI=1S/C19H25N5O2S/c1-2-24-18(23-8-10-26-11-9-23)21-22-19(24)27-13-17(25)20-16-7-6-14-4-3-5-15(14)12-16/h6-7,12H,2-5,8-11,13H2,1H3,(H,20,25). The van der Waals surface area contributed by atoms with Gasteiger partial charge in [-0.05, 0) is 49.4 Å². The van der Waals surface area contributed by atoms with E-state index in [1.165, 1.54) is 29.3 Å². The predicted molar refractivity (Wildman–Crippen MR) is 107 cm³/mol. The van der Waals surface area contributed by atoms with Gasteiger partial charge in [-0.3, -0.25) is 9.36 Å². The van der Waals surface area contributed by atoms with E-state index in [0.717, 1.165) is 49.3 Å². The van der Waals surface area contributed by atoms with Gasteiger partial charge in [-0.25, -0.2) is 0 Å². The van der Waals surface area contributed by atoms with Crippen molar-refractivity contribution in [3.05, 3.63) is 29.3 Å². The molecule has 1 N–H and O–H groups in total. The van der Waals surface area contributed by atoms with E-state index in [0.29, 0.717) is 19.0 Å². The van der Waals surface area contributed by atoms with Crippen molar-refractivity contribution in [1.82, 2.24) is 14.8 Å². The Balaban J connectivity index is 1.36. The van der Waals surface area contributed by atoms with Gasteiger partial charge < -0.3 is 15.0 Å². The molecule has 7 nitrogen and oxygen atoms in total. The lowest BCUT2D eigenvalue weighted by atomic mass is 10.1. The number of hydrogen-bond donors (Lipinski definition) is 1. The van der Waals surface area contributed by atoms with Gasteiger partial charge >= 0.3 is 0 Å². The van der Waals surface area contributed by atoms with Crippen LogP contribution in [0.5, 0.6) is 0 Å². The SMILES string of the molecule is CCn1c(SCC(=O)Nc2ccc3c(c2)CCC3)nnc1N1CCOCC1. The molecule has 2 aliphatic rings. The van der Waals surface area contributed by atoms with Crippen LogP contribution in [0.2, 0.25) is 0 Å². The number of nitrogens with zero attached hydrogens (tertiary/aromatic N) is 4. The lowest BCUT2D eigenvalue weighted by Crippen LogP contribution is -2.38. The molecule has 1 aromatic carbocycles. The maximum absolute atomic E-state index is 12.4. The van der Waals surface area contributed by atoms with Crippen molar-refractivity contribution in [3.63, 3.8) is 0 Å². The van der Waals surface area contributed by atoms with Crippen molar-refractivity contribution >= 4 is 29.3 Å². The zero-order valence-electron chi connectivity index (χ0n) is 15.6. The molecule has 0 spiro atoms. The van der Waals surface area contributed by atoms with Gasteiger partial charge in [0.2, 0.25) is 11.9 Å². The first-order chi connectivity index (χ1) is 13.2. The van der Waals surface area contributed by atoms with Crippen LogP contribution in [0.3, 0.4) is 0 Å². The number of aryl methyl sites for hydroxylation is 2. The molecule has 1 amide bonds. The van der Waals surface area contributed by atoms with Gasteiger partial charge in [0, 0.05) is 25.3 Å². The summed E-state index contributed by atoms with van der Waals surface area (Å²) in [6.45, 7) is 5.91. The smallest absolute Gasteiger partial charge is 0.234 e. The normalized spacial score (nSPS) is 16.4. The fourth-order valence-corrected chi connectivity index (χ4v) is 4.44. The number of rotatable bonds is 6. The van der Waals surface area contributed by atoms with Crippen LogP contribution in [0.1, 0.15) is 24.5 Å². The molecule has 0 saturated carbocycles. The molecule has 4 rings (SSSR count). The largest absolute Gasteiger partial charge is 0.378 e. The van der Waals surface area contributed by atoms with E-state index >= 15 is 0 Å². The Kier molecular flexibility index (Phi) is 5.63. The molecule has 1 saturated heterocycles. The quantitative estimate of drug-likeness (QED) is 0.767. The minimum atomic E-state index is -0.0171. The number of morpholine rings is 1. The summed E-state index contributed by atoms with van der Waals surface area (Å²) in [7, 11) is 0. The minimum Gasteiger partial charge on any atom is -0.378 e. The molecule has 144 valence electrons. The highest BCUT2D eigenvalue weighted by Gasteiger charge is 2.20. The summed E-state index contributed by atoms with van der Waals surface area (Å²) in [4.78, 5) is 14.6. The van der Waals surface area contributed by atoms with Crippen molar-refractivity contribution < 1.29 is 9.53 Å². The fourth-order valence-electron chi connectivity index (χ4n) is 3.64. The van der Waals surface area contributed by atoms with Gasteiger partial charge in [0.15, 0.2) is 5.16 Å². The summed E-state index contributed by atoms with van der Waals surface area (Å²) >= 11 is 1.43. The van der Waals surface area contributed by atoms with Crippen LogP contribution in [-0.2, 0) is 28.9 Å². The monoisotopic (exact) mass is 387 g/mol. The number of anilines is 2. The second-order valence-corrected chi connectivity index (χ2v) is 7.74. The molecule has 0 bridgehead atoms. The lowest BCUT2D eigenvalue weighted by molar-refractivity contribution is -0.113. The first kappa shape index (κ1) is 18.3. The Morgan fingerprint density at radius 1 is 1.22 bits per heavy atom. The first-order valence-corrected chi connectivity index (χ1v) is 10.5. The number of carbonyl (C=O) groups is 1. The number of ether oxygens (including phenoxy) is 1. The number of aromatic nitrogens is 3. The number of hydrogen-bond acceptors (Lipinski definition) is 6. The van der Waals surface area contributed by atoms with Crippen molar-refractivity contribution in [2.24, 2.45) is 0 Å². The van der Waals surface area contributed by atoms with E-state index in [4.69, 9.17) is 4.74 Å². The zero-order valence-corrected chi connectivity index (χ0v) is 16.4. The molecule has 0 atom stereocenters. The van der Waals surface area contributed by atoms with Crippen molar-refractivity contribution in [2.45, 2.75) is 37.9 Å². The number of fused-ring (bicyclic) bond motifs is 1. The van der Waals surface area contributed by atoms with Gasteiger partial charge in [-0.2, -0.15) is 0 Å². The van der Waals surface area contributed by atoms with Crippen LogP contribution in [0.25, 0.3) is 0 Å². The number of amides is 1. The number of nitrogens with one attached hydrogen (secondary N) is 1. The Labute approximate surface area is 163 Å². The fraction of sp³-hybridized carbons (Fsp3) is 0.526. The second kappa shape index (κ2) is 8.31. The van der Waals surface area contributed by atoms with Crippen molar-refractivity contribution in [3.8, 4) is 0 Å². The highest BCUT2D eigenvalue weighted by atomic mass is 32.2. The van der Waals surface area contributed by atoms with Crippen LogP contribution >= 0.6 is 11.8 Å². The number of carbonyl (C=O) groups excluding carboxylic acids is 1. The Morgan fingerprint density at radius 3 is 2.85 bits per heavy atom. The van der Waals surface area contributed by atoms with E-state index in [1.54, 1.807) is 0 Å². The van der Waals surface area contributed by atoms with Crippen LogP contribution in [0.15, 0.2) is 23.4 Å². The van der Waals surface area contributed by atoms with Gasteiger partial charge in [-0.1, -0.05) is 17.8 Å². The molecule has 1 aliphatic carbocycles. The van der Waals surface area contributed by atoms with Crippen molar-refractivity contribution in [1.29, 1.82) is 0 Å². The summed E-state index contributed by atoms with van der Waals surface area (Å²) in [5.74, 6) is 1.16. The third-order valence-electron chi connectivity index (χ3n) is 5.02. The second-order valence-electron chi connectivity index (χ2n) is 6.80. The molecule has 1 aromatic heterocycles. The highest BCUT2D eigenvalue weighted by molar-refractivity contribution is 7.99. The summed E-state index contributed by atoms with van der Waals surface area (Å²) in [5.41, 5.74) is 3.66. The van der Waals surface area contributed by atoms with Crippen LogP contribution in [0.4, 0.5) is 11.6 Å². The predicted octanol–water partition coefficient (Wildman–Crippen LogP) is 2.35. The van der Waals surface area contributed by atoms with Crippen LogP contribution < -0.4 is 10.2 Å². The third kappa shape index (κ3) is 4.11. The van der Waals surface area contributed by atoms with Gasteiger partial charge in [0.05, 0.1) is 19.0 Å². The summed E-state index contributed by atoms with van der Waals surface area (Å²) in [5, 5.41) is 12.4. The molecular weight excluding hydrogens is 362 g/mol. The third-order valence-corrected chi connectivity index (χ3v) is 5.99. The molecule has 27 heavy (non-hydrogen) atoms. The highest BCUT2D eigenvalue weighted by Crippen LogP contribution is 2.26. The molecule has 0 unspecified atom stereocenters. The molecular formula is C19H25N5O2S. The summed E-state index contributed by atoms with van der Waals surface area (Å²) in [6, 6.07) is 6.24. The summed E-state index contributed by atoms with van der Waals surface area (Å²) < 4.78 is 7.48. The number of thioether (sulfide) groups is 1. The van der Waals surface area contributed by atoms with E-state index in [2.05, 4.69) is 44.0 Å². The molecule has 0 radical (unpaired) electrons. The van der Waals surface area contributed by atoms with Crippen LogP contribution in [0, 0.1) is 0 Å². The Hall–Kier alpha value is -2.06. The molecule has 8 heteroatoms. The topological polar surface area (TPSA) is 72.3 Å². The minimum absolute atomic E-state index is 0.0171. The number of benzene rings is 1.